The van der Waals surface area contributed by atoms with Crippen LogP contribution >= 0.6 is 0 Å². The van der Waals surface area contributed by atoms with Crippen molar-refractivity contribution in [2.24, 2.45) is 11.3 Å². The first kappa shape index (κ1) is 14.5. The minimum Gasteiger partial charge on any atom is -0.458 e. The number of carbonyl (C=O) groups is 1. The zero-order chi connectivity index (χ0) is 13.1. The van der Waals surface area contributed by atoms with Crippen molar-refractivity contribution in [1.29, 1.82) is 0 Å². The molecule has 1 fully saturated rings. The summed E-state index contributed by atoms with van der Waals surface area (Å²) >= 11 is 0. The monoisotopic (exact) mass is 242 g/mol. The third-order valence-corrected chi connectivity index (χ3v) is 3.92. The summed E-state index contributed by atoms with van der Waals surface area (Å²) in [6, 6.07) is 0. The van der Waals surface area contributed by atoms with E-state index >= 15 is 0 Å². The van der Waals surface area contributed by atoms with Crippen LogP contribution in [0.5, 0.6) is 0 Å². The van der Waals surface area contributed by atoms with Crippen LogP contribution in [0.3, 0.4) is 0 Å². The number of hydrogen-bond donors (Lipinski definition) is 0. The zero-order valence-electron chi connectivity index (χ0n) is 11.8. The molecule has 1 saturated carbocycles. The minimum atomic E-state index is -0.329. The molecular weight excluding hydrogens is 216 g/mol. The van der Waals surface area contributed by atoms with Gasteiger partial charge >= 0.3 is 5.97 Å². The molecule has 0 spiro atoms. The summed E-state index contributed by atoms with van der Waals surface area (Å²) in [5, 5.41) is 0. The van der Waals surface area contributed by atoms with E-state index in [4.69, 9.17) is 9.47 Å². The lowest BCUT2D eigenvalue weighted by atomic mass is 9.74. The molecule has 1 aliphatic carbocycles. The van der Waals surface area contributed by atoms with E-state index in [1.807, 2.05) is 13.8 Å². The first-order chi connectivity index (χ1) is 7.84. The van der Waals surface area contributed by atoms with E-state index in [-0.39, 0.29) is 22.9 Å². The highest BCUT2D eigenvalue weighted by Gasteiger charge is 2.50. The second-order valence-corrected chi connectivity index (χ2v) is 6.09. The Kier molecular flexibility index (Phi) is 4.59. The van der Waals surface area contributed by atoms with Gasteiger partial charge in [-0.1, -0.05) is 27.7 Å². The minimum absolute atomic E-state index is 0.0641. The number of carbonyl (C=O) groups excluding carboxylic acids is 1. The smallest absolute Gasteiger partial charge is 0.308 e. The number of esters is 1. The van der Waals surface area contributed by atoms with Gasteiger partial charge < -0.3 is 9.47 Å². The molecule has 100 valence electrons. The highest BCUT2D eigenvalue weighted by atomic mass is 16.6. The summed E-state index contributed by atoms with van der Waals surface area (Å²) in [5.41, 5.74) is -0.451. The molecule has 17 heavy (non-hydrogen) atoms. The molecule has 0 N–H and O–H groups in total. The molecule has 0 aliphatic heterocycles. The van der Waals surface area contributed by atoms with Crippen molar-refractivity contribution in [3.8, 4) is 0 Å². The first-order valence-electron chi connectivity index (χ1n) is 6.56. The van der Waals surface area contributed by atoms with Gasteiger partial charge in [0.05, 0.1) is 12.5 Å². The van der Waals surface area contributed by atoms with Crippen molar-refractivity contribution in [2.45, 2.75) is 59.0 Å². The first-order valence-corrected chi connectivity index (χ1v) is 6.56. The predicted molar refractivity (Wildman–Crippen MR) is 67.8 cm³/mol. The Morgan fingerprint density at radius 1 is 1.29 bits per heavy atom. The third kappa shape index (κ3) is 3.01. The van der Waals surface area contributed by atoms with Crippen LogP contribution in [-0.2, 0) is 14.3 Å². The largest absolute Gasteiger partial charge is 0.458 e. The fourth-order valence-electron chi connectivity index (χ4n) is 2.67. The summed E-state index contributed by atoms with van der Waals surface area (Å²) in [6.45, 7) is 8.66. The standard InChI is InChI=1S/C14H26O3/c1-11(2)12(15)17-14(8-6-7-9-14)13(3,4)10-16-5/h11H,6-10H2,1-5H3. The average Bonchev–Trinajstić information content (AvgIpc) is 2.67. The zero-order valence-corrected chi connectivity index (χ0v) is 11.8. The van der Waals surface area contributed by atoms with E-state index in [9.17, 15) is 4.79 Å². The maximum atomic E-state index is 11.9. The van der Waals surface area contributed by atoms with Crippen LogP contribution < -0.4 is 0 Å². The molecule has 1 aliphatic rings. The number of hydrogen-bond acceptors (Lipinski definition) is 3. The van der Waals surface area contributed by atoms with Crippen LogP contribution in [0.15, 0.2) is 0 Å². The Morgan fingerprint density at radius 3 is 2.24 bits per heavy atom. The fourth-order valence-corrected chi connectivity index (χ4v) is 2.67. The summed E-state index contributed by atoms with van der Waals surface area (Å²) < 4.78 is 11.2. The SMILES string of the molecule is COCC(C)(C)C1(OC(=O)C(C)C)CCCC1. The van der Waals surface area contributed by atoms with Crippen LogP contribution in [0.2, 0.25) is 0 Å². The second kappa shape index (κ2) is 5.38. The van der Waals surface area contributed by atoms with E-state index in [2.05, 4.69) is 13.8 Å². The molecule has 0 radical (unpaired) electrons. The third-order valence-electron chi connectivity index (χ3n) is 3.92. The summed E-state index contributed by atoms with van der Waals surface area (Å²) in [4.78, 5) is 11.9. The van der Waals surface area contributed by atoms with Gasteiger partial charge in [0, 0.05) is 12.5 Å². The van der Waals surface area contributed by atoms with E-state index < -0.39 is 0 Å². The topological polar surface area (TPSA) is 35.5 Å². The van der Waals surface area contributed by atoms with Gasteiger partial charge in [0.15, 0.2) is 0 Å². The molecule has 1 rings (SSSR count). The lowest BCUT2D eigenvalue weighted by Gasteiger charge is -2.43. The average molecular weight is 242 g/mol. The van der Waals surface area contributed by atoms with E-state index in [1.54, 1.807) is 7.11 Å². The van der Waals surface area contributed by atoms with Crippen LogP contribution in [0.4, 0.5) is 0 Å². The van der Waals surface area contributed by atoms with Gasteiger partial charge in [0.25, 0.3) is 0 Å². The van der Waals surface area contributed by atoms with Gasteiger partial charge in [-0.3, -0.25) is 4.79 Å². The van der Waals surface area contributed by atoms with Gasteiger partial charge in [0.1, 0.15) is 5.60 Å². The number of ether oxygens (including phenoxy) is 2. The fraction of sp³-hybridized carbons (Fsp3) is 0.929. The number of rotatable bonds is 5. The molecule has 3 heteroatoms. The van der Waals surface area contributed by atoms with Gasteiger partial charge in [-0.25, -0.2) is 0 Å². The van der Waals surface area contributed by atoms with Gasteiger partial charge in [-0.2, -0.15) is 0 Å². The summed E-state index contributed by atoms with van der Waals surface area (Å²) in [7, 11) is 1.70. The molecule has 0 aromatic carbocycles. The lowest BCUT2D eigenvalue weighted by molar-refractivity contribution is -0.182. The normalized spacial score (nSPS) is 19.6. The number of methoxy groups -OCH3 is 1. The van der Waals surface area contributed by atoms with Crippen LogP contribution in [0.25, 0.3) is 0 Å². The molecule has 0 unspecified atom stereocenters. The second-order valence-electron chi connectivity index (χ2n) is 6.09. The molecule has 0 saturated heterocycles. The van der Waals surface area contributed by atoms with E-state index in [0.717, 1.165) is 25.7 Å². The quantitative estimate of drug-likeness (QED) is 0.695. The molecule has 0 aromatic rings. The van der Waals surface area contributed by atoms with Crippen molar-refractivity contribution < 1.29 is 14.3 Å². The highest BCUT2D eigenvalue weighted by molar-refractivity contribution is 5.72. The Bertz CT molecular complexity index is 263. The van der Waals surface area contributed by atoms with Crippen molar-refractivity contribution in [3.63, 3.8) is 0 Å². The van der Waals surface area contributed by atoms with Crippen molar-refractivity contribution in [2.75, 3.05) is 13.7 Å². The highest BCUT2D eigenvalue weighted by Crippen LogP contribution is 2.47. The maximum Gasteiger partial charge on any atom is 0.308 e. The Hall–Kier alpha value is -0.570. The van der Waals surface area contributed by atoms with E-state index in [1.165, 1.54) is 0 Å². The molecule has 0 amide bonds. The van der Waals surface area contributed by atoms with Crippen molar-refractivity contribution >= 4 is 5.97 Å². The Labute approximate surface area is 105 Å². The van der Waals surface area contributed by atoms with Gasteiger partial charge in [-0.15, -0.1) is 0 Å². The summed E-state index contributed by atoms with van der Waals surface area (Å²) in [5.74, 6) is -0.151. The Morgan fingerprint density at radius 2 is 1.82 bits per heavy atom. The van der Waals surface area contributed by atoms with Gasteiger partial charge in [-0.05, 0) is 25.7 Å². The van der Waals surface area contributed by atoms with Crippen LogP contribution in [0, 0.1) is 11.3 Å². The van der Waals surface area contributed by atoms with Crippen molar-refractivity contribution in [1.82, 2.24) is 0 Å². The molecule has 0 heterocycles. The molecule has 0 aromatic heterocycles. The predicted octanol–water partition coefficient (Wildman–Crippen LogP) is 3.17. The molecule has 0 bridgehead atoms. The van der Waals surface area contributed by atoms with Crippen LogP contribution in [-0.4, -0.2) is 25.3 Å². The summed E-state index contributed by atoms with van der Waals surface area (Å²) in [6.07, 6.45) is 4.20. The van der Waals surface area contributed by atoms with Gasteiger partial charge in [0.2, 0.25) is 0 Å². The van der Waals surface area contributed by atoms with Crippen LogP contribution in [0.1, 0.15) is 53.4 Å². The molecule has 0 atom stereocenters. The van der Waals surface area contributed by atoms with Crippen molar-refractivity contribution in [3.05, 3.63) is 0 Å². The Balaban J connectivity index is 2.86. The van der Waals surface area contributed by atoms with E-state index in [0.29, 0.717) is 6.61 Å². The molecular formula is C14H26O3. The maximum absolute atomic E-state index is 11.9. The lowest BCUT2D eigenvalue weighted by Crippen LogP contribution is -2.49. The molecule has 3 nitrogen and oxygen atoms in total.